The first-order valence-corrected chi connectivity index (χ1v) is 8.69. The molecule has 3 heterocycles. The van der Waals surface area contributed by atoms with Gasteiger partial charge in [0.05, 0.1) is 36.7 Å². The molecule has 2 unspecified atom stereocenters. The Labute approximate surface area is 151 Å². The second-order valence-electron chi connectivity index (χ2n) is 7.07. The summed E-state index contributed by atoms with van der Waals surface area (Å²) in [5.41, 5.74) is 8.14. The molecule has 0 bridgehead atoms. The van der Waals surface area contributed by atoms with Crippen LogP contribution in [0.4, 0.5) is 5.82 Å². The van der Waals surface area contributed by atoms with Crippen LogP contribution >= 0.6 is 0 Å². The number of nitriles is 1. The molecule has 1 aromatic heterocycles. The molecule has 2 aromatic rings. The number of H-pyrrole nitrogens is 1. The van der Waals surface area contributed by atoms with Gasteiger partial charge in [0.1, 0.15) is 24.7 Å². The first-order chi connectivity index (χ1) is 12.5. The Balaban J connectivity index is 1.40. The van der Waals surface area contributed by atoms with E-state index >= 15 is 0 Å². The van der Waals surface area contributed by atoms with E-state index in [0.29, 0.717) is 41.2 Å². The minimum atomic E-state index is 0.229. The summed E-state index contributed by atoms with van der Waals surface area (Å²) in [7, 11) is 0. The topological polar surface area (TPSA) is 110 Å². The van der Waals surface area contributed by atoms with Crippen molar-refractivity contribution in [3.8, 4) is 6.07 Å². The number of nitrogens with one attached hydrogen (secondary N) is 2. The Kier molecular flexibility index (Phi) is 3.78. The average Bonchev–Trinajstić information content (AvgIpc) is 3.26. The van der Waals surface area contributed by atoms with Crippen LogP contribution in [0, 0.1) is 16.7 Å². The lowest BCUT2D eigenvalue weighted by Crippen LogP contribution is -2.52. The zero-order chi connectivity index (χ0) is 18.3. The molecule has 0 spiro atoms. The van der Waals surface area contributed by atoms with Crippen LogP contribution in [-0.4, -0.2) is 58.3 Å². The van der Waals surface area contributed by atoms with Crippen molar-refractivity contribution in [1.29, 1.82) is 10.7 Å². The Morgan fingerprint density at radius 3 is 2.77 bits per heavy atom. The number of aromatic nitrogens is 1. The van der Waals surface area contributed by atoms with Gasteiger partial charge in [0.25, 0.3) is 0 Å². The molecule has 2 atom stereocenters. The third-order valence-corrected chi connectivity index (χ3v) is 5.59. The quantitative estimate of drug-likeness (QED) is 0.333. The lowest BCUT2D eigenvalue weighted by molar-refractivity contribution is -0.739. The predicted molar refractivity (Wildman–Crippen MR) is 97.3 cm³/mol. The smallest absolute Gasteiger partial charge is 0.318 e. The maximum absolute atomic E-state index is 12.9. The Morgan fingerprint density at radius 1 is 1.38 bits per heavy atom. The number of nitrogens with zero attached hydrogens (tertiary/aromatic N) is 3. The van der Waals surface area contributed by atoms with Gasteiger partial charge in [-0.1, -0.05) is 12.1 Å². The van der Waals surface area contributed by atoms with Crippen molar-refractivity contribution in [3.05, 3.63) is 53.2 Å². The standard InChI is InChI=1S/C19H21N6O/c20-10-14-3-1-13(2-4-14)9-17(26)25-8-7-24(11-15(25)12-25)19(22)16-5-6-23-18(16)21/h1-6,15,22-23H,7-9,11-12,21H2/q+1. The van der Waals surface area contributed by atoms with E-state index < -0.39 is 0 Å². The Morgan fingerprint density at radius 2 is 2.15 bits per heavy atom. The number of piperazine rings is 1. The molecular formula is C19H21N6O+. The second-order valence-corrected chi connectivity index (χ2v) is 7.07. The molecule has 2 aliphatic rings. The van der Waals surface area contributed by atoms with Crippen LogP contribution in [0.1, 0.15) is 16.7 Å². The number of rotatable bonds is 3. The first kappa shape index (κ1) is 16.4. The summed E-state index contributed by atoms with van der Waals surface area (Å²) in [6, 6.07) is 11.4. The van der Waals surface area contributed by atoms with Gasteiger partial charge in [-0.2, -0.15) is 5.26 Å². The molecule has 7 heteroatoms. The molecule has 1 aromatic carbocycles. The van der Waals surface area contributed by atoms with E-state index in [4.69, 9.17) is 16.4 Å². The van der Waals surface area contributed by atoms with Crippen LogP contribution in [0.3, 0.4) is 0 Å². The van der Waals surface area contributed by atoms with E-state index in [1.54, 1.807) is 18.3 Å². The zero-order valence-corrected chi connectivity index (χ0v) is 14.4. The summed E-state index contributed by atoms with van der Waals surface area (Å²) < 4.78 is 0.520. The summed E-state index contributed by atoms with van der Waals surface area (Å²) in [5, 5.41) is 17.3. The fourth-order valence-electron chi connectivity index (χ4n) is 3.88. The van der Waals surface area contributed by atoms with E-state index in [0.717, 1.165) is 24.2 Å². The number of amidine groups is 1. The van der Waals surface area contributed by atoms with Gasteiger partial charge in [-0.3, -0.25) is 5.41 Å². The molecule has 4 N–H and O–H groups in total. The Bertz CT molecular complexity index is 909. The molecule has 2 aliphatic heterocycles. The zero-order valence-electron chi connectivity index (χ0n) is 14.4. The molecule has 0 aliphatic carbocycles. The highest BCUT2D eigenvalue weighted by atomic mass is 16.2. The van der Waals surface area contributed by atoms with Gasteiger partial charge in [0.2, 0.25) is 0 Å². The van der Waals surface area contributed by atoms with Crippen LogP contribution in [-0.2, 0) is 11.2 Å². The molecule has 0 radical (unpaired) electrons. The lowest BCUT2D eigenvalue weighted by Gasteiger charge is -2.32. The van der Waals surface area contributed by atoms with E-state index in [1.807, 2.05) is 23.1 Å². The minimum Gasteiger partial charge on any atom is -0.385 e. The van der Waals surface area contributed by atoms with Crippen molar-refractivity contribution < 1.29 is 9.28 Å². The number of hydrogen-bond acceptors (Lipinski definition) is 4. The maximum atomic E-state index is 12.9. The van der Waals surface area contributed by atoms with Crippen LogP contribution in [0.15, 0.2) is 36.5 Å². The Hall–Kier alpha value is -3.11. The van der Waals surface area contributed by atoms with Gasteiger partial charge in [-0.15, -0.1) is 0 Å². The molecule has 4 rings (SSSR count). The molecule has 2 fully saturated rings. The van der Waals surface area contributed by atoms with Crippen molar-refractivity contribution in [2.75, 3.05) is 31.9 Å². The van der Waals surface area contributed by atoms with Crippen molar-refractivity contribution in [3.63, 3.8) is 0 Å². The number of hydrogen-bond donors (Lipinski definition) is 3. The first-order valence-electron chi connectivity index (χ1n) is 8.69. The van der Waals surface area contributed by atoms with Crippen molar-refractivity contribution in [2.24, 2.45) is 0 Å². The number of quaternary nitrogens is 1. The van der Waals surface area contributed by atoms with Gasteiger partial charge >= 0.3 is 5.91 Å². The highest BCUT2D eigenvalue weighted by molar-refractivity contribution is 6.00. The van der Waals surface area contributed by atoms with Gasteiger partial charge < -0.3 is 15.6 Å². The number of amides is 1. The van der Waals surface area contributed by atoms with Crippen LogP contribution in [0.5, 0.6) is 0 Å². The number of carbonyl (C=O) groups is 1. The highest BCUT2D eigenvalue weighted by Gasteiger charge is 2.62. The van der Waals surface area contributed by atoms with E-state index in [1.165, 1.54) is 0 Å². The molecule has 26 heavy (non-hydrogen) atoms. The van der Waals surface area contributed by atoms with Crippen molar-refractivity contribution in [1.82, 2.24) is 9.88 Å². The number of anilines is 1. The van der Waals surface area contributed by atoms with Gasteiger partial charge in [-0.05, 0) is 23.8 Å². The monoisotopic (exact) mass is 349 g/mol. The number of nitrogen functional groups attached to an aromatic ring is 1. The third-order valence-electron chi connectivity index (χ3n) is 5.59. The maximum Gasteiger partial charge on any atom is 0.318 e. The normalized spacial score (nSPS) is 23.8. The fourth-order valence-corrected chi connectivity index (χ4v) is 3.88. The largest absolute Gasteiger partial charge is 0.385 e. The molecule has 2 saturated heterocycles. The van der Waals surface area contributed by atoms with Gasteiger partial charge in [0.15, 0.2) is 6.04 Å². The van der Waals surface area contributed by atoms with Crippen LogP contribution in [0.25, 0.3) is 0 Å². The van der Waals surface area contributed by atoms with Crippen LogP contribution in [0.2, 0.25) is 0 Å². The number of carbonyl (C=O) groups excluding carboxylic acids is 1. The fraction of sp³-hybridized carbons (Fsp3) is 0.316. The molecular weight excluding hydrogens is 328 g/mol. The second kappa shape index (κ2) is 6.00. The summed E-state index contributed by atoms with van der Waals surface area (Å²) in [6.07, 6.45) is 2.13. The molecule has 132 valence electrons. The molecule has 7 nitrogen and oxygen atoms in total. The van der Waals surface area contributed by atoms with E-state index in [-0.39, 0.29) is 11.9 Å². The minimum absolute atomic E-state index is 0.229. The lowest BCUT2D eigenvalue weighted by atomic mass is 10.1. The molecule has 0 saturated carbocycles. The van der Waals surface area contributed by atoms with E-state index in [2.05, 4.69) is 11.1 Å². The number of aromatic amines is 1. The predicted octanol–water partition coefficient (Wildman–Crippen LogP) is 1.08. The summed E-state index contributed by atoms with van der Waals surface area (Å²) in [6.45, 7) is 2.97. The van der Waals surface area contributed by atoms with Gasteiger partial charge in [0, 0.05) is 6.20 Å². The summed E-state index contributed by atoms with van der Waals surface area (Å²) in [5.74, 6) is 1.16. The van der Waals surface area contributed by atoms with E-state index in [9.17, 15) is 4.79 Å². The SMILES string of the molecule is N#Cc1ccc(CC(=O)[N+]23CCN(C(=N)c4cc[nH]c4N)CC2C3)cc1. The van der Waals surface area contributed by atoms with Crippen molar-refractivity contribution >= 4 is 17.6 Å². The summed E-state index contributed by atoms with van der Waals surface area (Å²) >= 11 is 0. The van der Waals surface area contributed by atoms with Crippen LogP contribution < -0.4 is 5.73 Å². The number of nitrogens with two attached hydrogens (primary N) is 1. The average molecular weight is 349 g/mol. The summed E-state index contributed by atoms with van der Waals surface area (Å²) in [4.78, 5) is 17.8. The third kappa shape index (κ3) is 2.65. The number of fused-ring (bicyclic) bond motifs is 1. The molecule has 1 amide bonds. The highest BCUT2D eigenvalue weighted by Crippen LogP contribution is 2.36. The number of benzene rings is 1. The van der Waals surface area contributed by atoms with Crippen molar-refractivity contribution in [2.45, 2.75) is 12.5 Å². The van der Waals surface area contributed by atoms with Gasteiger partial charge in [-0.25, -0.2) is 9.28 Å².